The summed E-state index contributed by atoms with van der Waals surface area (Å²) in [6.07, 6.45) is 6.63. The van der Waals surface area contributed by atoms with E-state index in [4.69, 9.17) is 4.74 Å². The van der Waals surface area contributed by atoms with Gasteiger partial charge in [0.2, 0.25) is 0 Å². The van der Waals surface area contributed by atoms with Crippen molar-refractivity contribution < 1.29 is 9.53 Å². The highest BCUT2D eigenvalue weighted by Crippen LogP contribution is 2.59. The fourth-order valence-electron chi connectivity index (χ4n) is 5.29. The number of nitrogens with zero attached hydrogens (tertiary/aromatic N) is 2. The van der Waals surface area contributed by atoms with Crippen LogP contribution < -0.4 is 15.4 Å². The number of carbonyl (C=O) groups is 1. The zero-order valence-corrected chi connectivity index (χ0v) is 17.3. The Bertz CT molecular complexity index is 1030. The highest BCUT2D eigenvalue weighted by Gasteiger charge is 2.53. The van der Waals surface area contributed by atoms with E-state index in [0.717, 1.165) is 30.7 Å². The highest BCUT2D eigenvalue weighted by molar-refractivity contribution is 5.78. The number of aromatic nitrogens is 2. The maximum absolute atomic E-state index is 12.2. The largest absolute Gasteiger partial charge is 0.497 e. The lowest BCUT2D eigenvalue weighted by Crippen LogP contribution is -2.58. The summed E-state index contributed by atoms with van der Waals surface area (Å²) in [7, 11) is 1.65. The van der Waals surface area contributed by atoms with Crippen molar-refractivity contribution in [2.24, 2.45) is 11.3 Å². The van der Waals surface area contributed by atoms with Gasteiger partial charge in [-0.2, -0.15) is 5.10 Å². The maximum atomic E-state index is 12.2. The minimum atomic E-state index is -0.0791. The van der Waals surface area contributed by atoms with Gasteiger partial charge in [0.25, 0.3) is 0 Å². The molecule has 1 aromatic heterocycles. The predicted octanol–water partition coefficient (Wildman–Crippen LogP) is 4.10. The number of rotatable bonds is 6. The molecule has 0 bridgehead atoms. The van der Waals surface area contributed by atoms with E-state index in [9.17, 15) is 4.79 Å². The third-order valence-corrected chi connectivity index (χ3v) is 6.73. The summed E-state index contributed by atoms with van der Waals surface area (Å²) in [5.41, 5.74) is 2.73. The van der Waals surface area contributed by atoms with Crippen LogP contribution >= 0.6 is 0 Å². The van der Waals surface area contributed by atoms with Gasteiger partial charge in [0.15, 0.2) is 0 Å². The van der Waals surface area contributed by atoms with Crippen molar-refractivity contribution in [3.05, 3.63) is 60.3 Å². The first-order valence-corrected chi connectivity index (χ1v) is 10.7. The summed E-state index contributed by atoms with van der Waals surface area (Å²) in [6.45, 7) is 1.52. The molecule has 2 aliphatic rings. The molecule has 0 unspecified atom stereocenters. The number of urea groups is 1. The molecular formula is C24H28N4O2. The zero-order valence-electron chi connectivity index (χ0n) is 17.3. The van der Waals surface area contributed by atoms with Crippen LogP contribution in [0.2, 0.25) is 0 Å². The number of hydrogen-bond acceptors (Lipinski definition) is 3. The smallest absolute Gasteiger partial charge is 0.315 e. The molecule has 0 atom stereocenters. The van der Waals surface area contributed by atoms with Gasteiger partial charge in [-0.1, -0.05) is 30.3 Å². The van der Waals surface area contributed by atoms with Gasteiger partial charge in [0.1, 0.15) is 5.75 Å². The van der Waals surface area contributed by atoms with E-state index in [1.165, 1.54) is 23.7 Å². The zero-order chi connectivity index (χ0) is 20.6. The Morgan fingerprint density at radius 3 is 2.67 bits per heavy atom. The average molecular weight is 405 g/mol. The molecule has 2 amide bonds. The topological polar surface area (TPSA) is 68.2 Å². The number of hydrogen-bond donors (Lipinski definition) is 2. The van der Waals surface area contributed by atoms with Gasteiger partial charge >= 0.3 is 6.03 Å². The van der Waals surface area contributed by atoms with Crippen LogP contribution in [0, 0.1) is 11.3 Å². The monoisotopic (exact) mass is 404 g/mol. The number of carbonyl (C=O) groups excluding carboxylic acids is 1. The van der Waals surface area contributed by atoms with E-state index < -0.39 is 0 Å². The molecule has 2 aliphatic carbocycles. The minimum Gasteiger partial charge on any atom is -0.497 e. The number of nitrogens with one attached hydrogen (secondary N) is 2. The Kier molecular flexibility index (Phi) is 4.85. The summed E-state index contributed by atoms with van der Waals surface area (Å²) in [4.78, 5) is 12.2. The molecule has 6 heteroatoms. The number of methoxy groups -OCH3 is 1. The molecule has 6 nitrogen and oxygen atoms in total. The van der Waals surface area contributed by atoms with Crippen molar-refractivity contribution in [1.29, 1.82) is 0 Å². The van der Waals surface area contributed by atoms with Crippen LogP contribution in [0.3, 0.4) is 0 Å². The minimum absolute atomic E-state index is 0.0791. The first kappa shape index (κ1) is 19.0. The number of para-hydroxylation sites is 1. The molecular weight excluding hydrogens is 376 g/mol. The lowest BCUT2D eigenvalue weighted by atomic mass is 9.50. The summed E-state index contributed by atoms with van der Waals surface area (Å²) >= 11 is 0. The van der Waals surface area contributed by atoms with Crippen molar-refractivity contribution in [3.8, 4) is 5.75 Å². The van der Waals surface area contributed by atoms with Gasteiger partial charge in [-0.3, -0.25) is 4.68 Å². The van der Waals surface area contributed by atoms with Crippen molar-refractivity contribution >= 4 is 16.9 Å². The standard InChI is InChI=1S/C24H28N4O2/c1-30-21-8-6-17(7-9-21)14-25-23(29)27-20-12-24(13-20)10-18(11-24)16-28-22-5-3-2-4-19(22)15-26-28/h2-9,15,18,20H,10-14,16H2,1H3,(H2,25,27,29). The number of fused-ring (bicyclic) bond motifs is 1. The van der Waals surface area contributed by atoms with Crippen LogP contribution in [0.15, 0.2) is 54.7 Å². The molecule has 0 aliphatic heterocycles. The van der Waals surface area contributed by atoms with E-state index >= 15 is 0 Å². The molecule has 156 valence electrons. The van der Waals surface area contributed by atoms with Crippen molar-refractivity contribution in [3.63, 3.8) is 0 Å². The Labute approximate surface area is 176 Å². The fraction of sp³-hybridized carbons (Fsp3) is 0.417. The molecule has 2 saturated carbocycles. The normalized spacial score (nSPS) is 24.8. The van der Waals surface area contributed by atoms with E-state index in [-0.39, 0.29) is 6.03 Å². The van der Waals surface area contributed by atoms with Gasteiger partial charge in [0.05, 0.1) is 18.8 Å². The fourth-order valence-corrected chi connectivity index (χ4v) is 5.29. The second-order valence-corrected chi connectivity index (χ2v) is 8.94. The number of ether oxygens (including phenoxy) is 1. The van der Waals surface area contributed by atoms with Crippen LogP contribution in [-0.2, 0) is 13.1 Å². The predicted molar refractivity (Wildman–Crippen MR) is 116 cm³/mol. The quantitative estimate of drug-likeness (QED) is 0.650. The van der Waals surface area contributed by atoms with Crippen LogP contribution in [-0.4, -0.2) is 29.0 Å². The van der Waals surface area contributed by atoms with Crippen LogP contribution in [0.5, 0.6) is 5.75 Å². The van der Waals surface area contributed by atoms with Crippen LogP contribution in [0.4, 0.5) is 4.79 Å². The highest BCUT2D eigenvalue weighted by atomic mass is 16.5. The maximum Gasteiger partial charge on any atom is 0.315 e. The molecule has 5 rings (SSSR count). The molecule has 0 radical (unpaired) electrons. The molecule has 2 aromatic carbocycles. The summed E-state index contributed by atoms with van der Waals surface area (Å²) in [5, 5.41) is 11.8. The van der Waals surface area contributed by atoms with Crippen molar-refractivity contribution in [1.82, 2.24) is 20.4 Å². The molecule has 1 spiro atoms. The van der Waals surface area contributed by atoms with E-state index in [1.807, 2.05) is 30.5 Å². The Morgan fingerprint density at radius 1 is 1.13 bits per heavy atom. The Morgan fingerprint density at radius 2 is 1.90 bits per heavy atom. The van der Waals surface area contributed by atoms with Crippen molar-refractivity contribution in [2.75, 3.05) is 7.11 Å². The third kappa shape index (κ3) is 3.74. The van der Waals surface area contributed by atoms with E-state index in [2.05, 4.69) is 44.7 Å². The Balaban J connectivity index is 1.03. The number of benzene rings is 2. The molecule has 2 fully saturated rings. The lowest BCUT2D eigenvalue weighted by molar-refractivity contribution is -0.0521. The second kappa shape index (κ2) is 7.67. The summed E-state index contributed by atoms with van der Waals surface area (Å²) < 4.78 is 7.30. The molecule has 3 aromatic rings. The van der Waals surface area contributed by atoms with Gasteiger partial charge in [-0.05, 0) is 60.8 Å². The van der Waals surface area contributed by atoms with Gasteiger partial charge in [-0.15, -0.1) is 0 Å². The van der Waals surface area contributed by atoms with Crippen LogP contribution in [0.25, 0.3) is 10.9 Å². The van der Waals surface area contributed by atoms with Gasteiger partial charge < -0.3 is 15.4 Å². The average Bonchev–Trinajstić information content (AvgIpc) is 3.12. The van der Waals surface area contributed by atoms with Crippen LogP contribution in [0.1, 0.15) is 31.2 Å². The second-order valence-electron chi connectivity index (χ2n) is 8.94. The lowest BCUT2D eigenvalue weighted by Gasteiger charge is -2.57. The SMILES string of the molecule is COc1ccc(CNC(=O)NC2CC3(CC(Cn4ncc5ccccc54)C3)C2)cc1. The first-order chi connectivity index (χ1) is 14.6. The van der Waals surface area contributed by atoms with Gasteiger partial charge in [0, 0.05) is 24.5 Å². The van der Waals surface area contributed by atoms with Crippen molar-refractivity contribution in [2.45, 2.75) is 44.8 Å². The summed E-state index contributed by atoms with van der Waals surface area (Å²) in [5.74, 6) is 1.51. The summed E-state index contributed by atoms with van der Waals surface area (Å²) in [6, 6.07) is 16.4. The number of amides is 2. The molecule has 1 heterocycles. The Hall–Kier alpha value is -3.02. The first-order valence-electron chi connectivity index (χ1n) is 10.7. The molecule has 2 N–H and O–H groups in total. The third-order valence-electron chi connectivity index (χ3n) is 6.73. The van der Waals surface area contributed by atoms with Gasteiger partial charge in [-0.25, -0.2) is 4.79 Å². The molecule has 0 saturated heterocycles. The molecule has 30 heavy (non-hydrogen) atoms. The van der Waals surface area contributed by atoms with E-state index in [0.29, 0.717) is 23.9 Å². The van der Waals surface area contributed by atoms with E-state index in [1.54, 1.807) is 7.11 Å².